The zero-order valence-corrected chi connectivity index (χ0v) is 12.7. The number of aryl methyl sites for hydroxylation is 1. The van der Waals surface area contributed by atoms with Crippen LogP contribution in [0.1, 0.15) is 17.9 Å². The normalized spacial score (nSPS) is 10.7. The Morgan fingerprint density at radius 2 is 1.92 bits per heavy atom. The van der Waals surface area contributed by atoms with Gasteiger partial charge in [0, 0.05) is 12.5 Å². The van der Waals surface area contributed by atoms with Gasteiger partial charge in [0.2, 0.25) is 0 Å². The first kappa shape index (κ1) is 15.7. The molecule has 1 heterocycles. The van der Waals surface area contributed by atoms with Crippen molar-refractivity contribution in [2.24, 2.45) is 0 Å². The minimum absolute atomic E-state index is 0.0655. The highest BCUT2D eigenvalue weighted by atomic mass is 16.6. The number of oxazole rings is 1. The monoisotopic (exact) mass is 326 g/mol. The van der Waals surface area contributed by atoms with E-state index in [0.717, 1.165) is 5.52 Å². The van der Waals surface area contributed by atoms with Gasteiger partial charge in [-0.3, -0.25) is 14.9 Å². The number of benzene rings is 2. The molecule has 0 aliphatic rings. The van der Waals surface area contributed by atoms with Gasteiger partial charge >= 0.3 is 5.97 Å². The molecule has 24 heavy (non-hydrogen) atoms. The van der Waals surface area contributed by atoms with Gasteiger partial charge in [-0.05, 0) is 18.2 Å². The number of hydrogen-bond acceptors (Lipinski definition) is 6. The number of esters is 1. The van der Waals surface area contributed by atoms with Gasteiger partial charge in [-0.2, -0.15) is 0 Å². The molecular weight excluding hydrogens is 312 g/mol. The number of nitro groups is 1. The lowest BCUT2D eigenvalue weighted by Crippen LogP contribution is -2.07. The number of carbonyl (C=O) groups excluding carboxylic acids is 1. The molecule has 0 N–H and O–H groups in total. The van der Waals surface area contributed by atoms with Crippen molar-refractivity contribution in [2.45, 2.75) is 19.4 Å². The van der Waals surface area contributed by atoms with E-state index in [1.54, 1.807) is 24.3 Å². The fraction of sp³-hybridized carbons (Fsp3) is 0.176. The number of aromatic nitrogens is 1. The third-order valence-electron chi connectivity index (χ3n) is 3.46. The van der Waals surface area contributed by atoms with E-state index in [1.165, 1.54) is 6.07 Å². The number of carbonyl (C=O) groups is 1. The van der Waals surface area contributed by atoms with E-state index in [0.29, 0.717) is 23.5 Å². The second-order valence-electron chi connectivity index (χ2n) is 5.12. The first-order chi connectivity index (χ1) is 11.6. The maximum atomic E-state index is 11.8. The SMILES string of the molecule is O=C(CCc1nc2ccccc2o1)OCc1ccccc1[N+](=O)[O-]. The molecule has 0 amide bonds. The summed E-state index contributed by atoms with van der Waals surface area (Å²) < 4.78 is 10.6. The van der Waals surface area contributed by atoms with Crippen LogP contribution in [0.25, 0.3) is 11.1 Å². The van der Waals surface area contributed by atoms with Crippen LogP contribution in [-0.4, -0.2) is 15.9 Å². The van der Waals surface area contributed by atoms with E-state index in [2.05, 4.69) is 4.98 Å². The number of rotatable bonds is 6. The Bertz CT molecular complexity index is 854. The predicted molar refractivity (Wildman–Crippen MR) is 85.2 cm³/mol. The second-order valence-corrected chi connectivity index (χ2v) is 5.12. The molecule has 0 unspecified atom stereocenters. The molecule has 1 aromatic heterocycles. The maximum Gasteiger partial charge on any atom is 0.306 e. The number of para-hydroxylation sites is 3. The summed E-state index contributed by atoms with van der Waals surface area (Å²) in [6.07, 6.45) is 0.401. The van der Waals surface area contributed by atoms with Crippen LogP contribution in [0.5, 0.6) is 0 Å². The van der Waals surface area contributed by atoms with Gasteiger partial charge in [-0.1, -0.05) is 24.3 Å². The van der Waals surface area contributed by atoms with Crippen molar-refractivity contribution in [1.29, 1.82) is 0 Å². The quantitative estimate of drug-likeness (QED) is 0.391. The summed E-state index contributed by atoms with van der Waals surface area (Å²) in [7, 11) is 0. The first-order valence-electron chi connectivity index (χ1n) is 7.36. The summed E-state index contributed by atoms with van der Waals surface area (Å²) in [6, 6.07) is 13.5. The summed E-state index contributed by atoms with van der Waals surface area (Å²) in [6.45, 7) is -0.135. The Labute approximate surface area is 137 Å². The average molecular weight is 326 g/mol. The molecule has 7 heteroatoms. The Hall–Kier alpha value is -3.22. The predicted octanol–water partition coefficient (Wildman–Crippen LogP) is 3.41. The van der Waals surface area contributed by atoms with Crippen LogP contribution in [-0.2, 0) is 22.6 Å². The molecule has 0 atom stereocenters. The average Bonchev–Trinajstić information content (AvgIpc) is 3.01. The smallest absolute Gasteiger partial charge is 0.306 e. The van der Waals surface area contributed by atoms with Crippen molar-refractivity contribution in [3.8, 4) is 0 Å². The number of fused-ring (bicyclic) bond motifs is 1. The standard InChI is InChI=1S/C17H14N2O5/c20-17(23-11-12-5-1-3-7-14(12)19(21)22)10-9-16-18-13-6-2-4-8-15(13)24-16/h1-8H,9-11H2. The van der Waals surface area contributed by atoms with E-state index in [4.69, 9.17) is 9.15 Å². The van der Waals surface area contributed by atoms with Crippen LogP contribution in [0.3, 0.4) is 0 Å². The fourth-order valence-electron chi connectivity index (χ4n) is 2.28. The number of ether oxygens (including phenoxy) is 1. The molecule has 0 radical (unpaired) electrons. The van der Waals surface area contributed by atoms with Gasteiger partial charge in [0.1, 0.15) is 12.1 Å². The van der Waals surface area contributed by atoms with Crippen molar-refractivity contribution in [1.82, 2.24) is 4.98 Å². The van der Waals surface area contributed by atoms with Crippen LogP contribution >= 0.6 is 0 Å². The van der Waals surface area contributed by atoms with Crippen molar-refractivity contribution in [3.05, 3.63) is 70.1 Å². The van der Waals surface area contributed by atoms with E-state index in [-0.39, 0.29) is 18.7 Å². The van der Waals surface area contributed by atoms with E-state index < -0.39 is 10.9 Å². The Balaban J connectivity index is 1.55. The molecule has 0 fully saturated rings. The molecule has 0 saturated heterocycles. The molecule has 3 aromatic rings. The van der Waals surface area contributed by atoms with Gasteiger partial charge < -0.3 is 9.15 Å². The lowest BCUT2D eigenvalue weighted by atomic mass is 10.2. The fourth-order valence-corrected chi connectivity index (χ4v) is 2.28. The number of nitro benzene ring substituents is 1. The third-order valence-corrected chi connectivity index (χ3v) is 3.46. The Morgan fingerprint density at radius 1 is 1.17 bits per heavy atom. The molecule has 122 valence electrons. The molecule has 3 rings (SSSR count). The maximum absolute atomic E-state index is 11.8. The Kier molecular flexibility index (Phi) is 4.51. The summed E-state index contributed by atoms with van der Waals surface area (Å²) >= 11 is 0. The molecule has 0 aliphatic carbocycles. The number of nitrogens with zero attached hydrogens (tertiary/aromatic N) is 2. The number of hydrogen-bond donors (Lipinski definition) is 0. The third kappa shape index (κ3) is 3.57. The zero-order chi connectivity index (χ0) is 16.9. The lowest BCUT2D eigenvalue weighted by Gasteiger charge is -2.04. The summed E-state index contributed by atoms with van der Waals surface area (Å²) in [5, 5.41) is 10.9. The summed E-state index contributed by atoms with van der Waals surface area (Å²) in [5.74, 6) is -0.00533. The van der Waals surface area contributed by atoms with E-state index in [9.17, 15) is 14.9 Å². The molecule has 2 aromatic carbocycles. The van der Waals surface area contributed by atoms with Crippen LogP contribution < -0.4 is 0 Å². The van der Waals surface area contributed by atoms with E-state index >= 15 is 0 Å². The summed E-state index contributed by atoms with van der Waals surface area (Å²) in [5.41, 5.74) is 1.70. The molecule has 0 bridgehead atoms. The van der Waals surface area contributed by atoms with Crippen LogP contribution in [0.15, 0.2) is 52.9 Å². The first-order valence-corrected chi connectivity index (χ1v) is 7.36. The largest absolute Gasteiger partial charge is 0.461 e. The molecule has 0 saturated carbocycles. The van der Waals surface area contributed by atoms with Crippen molar-refractivity contribution in [3.63, 3.8) is 0 Å². The molecule has 0 spiro atoms. The van der Waals surface area contributed by atoms with Crippen LogP contribution in [0.2, 0.25) is 0 Å². The molecular formula is C17H14N2O5. The van der Waals surface area contributed by atoms with Crippen LogP contribution in [0, 0.1) is 10.1 Å². The zero-order valence-electron chi connectivity index (χ0n) is 12.7. The van der Waals surface area contributed by atoms with Gasteiger partial charge in [-0.15, -0.1) is 0 Å². The highest BCUT2D eigenvalue weighted by Crippen LogP contribution is 2.19. The van der Waals surface area contributed by atoms with E-state index in [1.807, 2.05) is 18.2 Å². The van der Waals surface area contributed by atoms with Gasteiger partial charge in [-0.25, -0.2) is 4.98 Å². The van der Waals surface area contributed by atoms with Gasteiger partial charge in [0.05, 0.1) is 16.9 Å². The van der Waals surface area contributed by atoms with Crippen molar-refractivity contribution < 1.29 is 18.9 Å². The van der Waals surface area contributed by atoms with Gasteiger partial charge in [0.25, 0.3) is 5.69 Å². The minimum atomic E-state index is -0.499. The topological polar surface area (TPSA) is 95.5 Å². The lowest BCUT2D eigenvalue weighted by molar-refractivity contribution is -0.385. The molecule has 0 aliphatic heterocycles. The van der Waals surface area contributed by atoms with Crippen molar-refractivity contribution >= 4 is 22.8 Å². The highest BCUT2D eigenvalue weighted by Gasteiger charge is 2.15. The second kappa shape index (κ2) is 6.91. The highest BCUT2D eigenvalue weighted by molar-refractivity contribution is 5.72. The summed E-state index contributed by atoms with van der Waals surface area (Å²) in [4.78, 5) is 26.5. The Morgan fingerprint density at radius 3 is 2.71 bits per heavy atom. The minimum Gasteiger partial charge on any atom is -0.461 e. The van der Waals surface area contributed by atoms with Crippen LogP contribution in [0.4, 0.5) is 5.69 Å². The molecule has 7 nitrogen and oxygen atoms in total. The van der Waals surface area contributed by atoms with Gasteiger partial charge in [0.15, 0.2) is 11.5 Å². The van der Waals surface area contributed by atoms with Crippen molar-refractivity contribution in [2.75, 3.05) is 0 Å².